The minimum atomic E-state index is 0.0400. The highest BCUT2D eigenvalue weighted by Gasteiger charge is 2.25. The van der Waals surface area contributed by atoms with Gasteiger partial charge in [-0.05, 0) is 87.4 Å². The number of nitrogens with one attached hydrogen (secondary N) is 1. The van der Waals surface area contributed by atoms with Gasteiger partial charge in [0, 0.05) is 42.9 Å². The highest BCUT2D eigenvalue weighted by Crippen LogP contribution is 2.31. The first-order valence-corrected chi connectivity index (χ1v) is 14.2. The van der Waals surface area contributed by atoms with Gasteiger partial charge in [-0.3, -0.25) is 5.01 Å². The maximum atomic E-state index is 4.99. The van der Waals surface area contributed by atoms with Gasteiger partial charge in [0.15, 0.2) is 0 Å². The number of pyridine rings is 1. The molecule has 0 spiro atoms. The van der Waals surface area contributed by atoms with Crippen molar-refractivity contribution in [2.45, 2.75) is 33.7 Å². The van der Waals surface area contributed by atoms with Crippen molar-refractivity contribution in [3.8, 4) is 0 Å². The highest BCUT2D eigenvalue weighted by molar-refractivity contribution is 5.85. The van der Waals surface area contributed by atoms with E-state index in [4.69, 9.17) is 4.98 Å². The Morgan fingerprint density at radius 2 is 1.36 bits per heavy atom. The Bertz CT molecular complexity index is 1430. The van der Waals surface area contributed by atoms with E-state index in [2.05, 4.69) is 145 Å². The molecule has 0 fully saturated rings. The quantitative estimate of drug-likeness (QED) is 0.237. The van der Waals surface area contributed by atoms with Crippen molar-refractivity contribution < 1.29 is 0 Å². The molecule has 3 aromatic carbocycles. The highest BCUT2D eigenvalue weighted by atomic mass is 15.6. The second-order valence-corrected chi connectivity index (χ2v) is 9.75. The van der Waals surface area contributed by atoms with E-state index in [0.29, 0.717) is 0 Å². The van der Waals surface area contributed by atoms with Crippen LogP contribution in [0, 0.1) is 0 Å². The lowest BCUT2D eigenvalue weighted by Crippen LogP contribution is -2.36. The molecule has 0 bridgehead atoms. The SMILES string of the molecule is CCN(CC)c1ccc(C=CC2C=C(c3ccc(N(CC)CC)cc3)N(c3ccc4ccccc4n3)N2)cc1. The maximum Gasteiger partial charge on any atom is 0.148 e. The Kier molecular flexibility index (Phi) is 8.28. The monoisotopic (exact) mass is 517 g/mol. The molecule has 2 heterocycles. The molecule has 1 atom stereocenters. The summed E-state index contributed by atoms with van der Waals surface area (Å²) in [5.41, 5.74) is 10.6. The molecule has 5 nitrogen and oxygen atoms in total. The number of hydrazine groups is 1. The lowest BCUT2D eigenvalue weighted by molar-refractivity contribution is 0.728. The summed E-state index contributed by atoms with van der Waals surface area (Å²) in [6.07, 6.45) is 6.69. The van der Waals surface area contributed by atoms with Crippen molar-refractivity contribution in [1.29, 1.82) is 0 Å². The Morgan fingerprint density at radius 3 is 2.00 bits per heavy atom. The first-order chi connectivity index (χ1) is 19.1. The van der Waals surface area contributed by atoms with Crippen LogP contribution in [0.4, 0.5) is 17.2 Å². The zero-order chi connectivity index (χ0) is 27.2. The van der Waals surface area contributed by atoms with Gasteiger partial charge in [0.05, 0.1) is 17.3 Å². The number of fused-ring (bicyclic) bond motifs is 1. The molecule has 1 aliphatic heterocycles. The third-order valence-electron chi connectivity index (χ3n) is 7.48. The number of anilines is 3. The van der Waals surface area contributed by atoms with Gasteiger partial charge in [0.1, 0.15) is 5.82 Å². The minimum Gasteiger partial charge on any atom is -0.372 e. The summed E-state index contributed by atoms with van der Waals surface area (Å²) in [7, 11) is 0. The molecular weight excluding hydrogens is 478 g/mol. The van der Waals surface area contributed by atoms with E-state index in [1.807, 2.05) is 6.07 Å². The van der Waals surface area contributed by atoms with Crippen LogP contribution in [0.1, 0.15) is 38.8 Å². The molecule has 1 unspecified atom stereocenters. The summed E-state index contributed by atoms with van der Waals surface area (Å²) in [5.74, 6) is 0.882. The topological polar surface area (TPSA) is 34.6 Å². The third-order valence-corrected chi connectivity index (χ3v) is 7.48. The smallest absolute Gasteiger partial charge is 0.148 e. The molecule has 200 valence electrons. The molecule has 39 heavy (non-hydrogen) atoms. The van der Waals surface area contributed by atoms with Gasteiger partial charge in [-0.2, -0.15) is 0 Å². The summed E-state index contributed by atoms with van der Waals surface area (Å²) in [6, 6.07) is 30.2. The summed E-state index contributed by atoms with van der Waals surface area (Å²) >= 11 is 0. The van der Waals surface area contributed by atoms with E-state index in [-0.39, 0.29) is 6.04 Å². The van der Waals surface area contributed by atoms with Crippen molar-refractivity contribution in [1.82, 2.24) is 10.4 Å². The first kappa shape index (κ1) is 26.5. The van der Waals surface area contributed by atoms with Crippen molar-refractivity contribution in [3.63, 3.8) is 0 Å². The van der Waals surface area contributed by atoms with Gasteiger partial charge in [-0.1, -0.05) is 54.6 Å². The van der Waals surface area contributed by atoms with Gasteiger partial charge in [-0.25, -0.2) is 10.4 Å². The fourth-order valence-electron chi connectivity index (χ4n) is 5.23. The van der Waals surface area contributed by atoms with Crippen LogP contribution in [0.3, 0.4) is 0 Å². The number of rotatable bonds is 10. The maximum absolute atomic E-state index is 4.99. The molecular formula is C34H39N5. The Morgan fingerprint density at radius 1 is 0.744 bits per heavy atom. The van der Waals surface area contributed by atoms with Gasteiger partial charge in [-0.15, -0.1) is 0 Å². The molecule has 0 amide bonds. The normalized spacial score (nSPS) is 15.2. The average Bonchev–Trinajstić information content (AvgIpc) is 3.42. The molecule has 1 N–H and O–H groups in total. The van der Waals surface area contributed by atoms with Crippen LogP contribution in [0.2, 0.25) is 0 Å². The van der Waals surface area contributed by atoms with Crippen LogP contribution in [0.15, 0.2) is 97.1 Å². The summed E-state index contributed by atoms with van der Waals surface area (Å²) in [5, 5.41) is 3.26. The van der Waals surface area contributed by atoms with E-state index in [0.717, 1.165) is 54.2 Å². The lowest BCUT2D eigenvalue weighted by atomic mass is 10.1. The molecule has 0 saturated carbocycles. The Balaban J connectivity index is 1.44. The van der Waals surface area contributed by atoms with Crippen molar-refractivity contribution in [2.24, 2.45) is 0 Å². The molecule has 4 aromatic rings. The fourth-order valence-corrected chi connectivity index (χ4v) is 5.23. The predicted octanol–water partition coefficient (Wildman–Crippen LogP) is 7.37. The largest absolute Gasteiger partial charge is 0.372 e. The summed E-state index contributed by atoms with van der Waals surface area (Å²) in [6.45, 7) is 12.8. The van der Waals surface area contributed by atoms with Crippen molar-refractivity contribution in [3.05, 3.63) is 108 Å². The van der Waals surface area contributed by atoms with Gasteiger partial charge in [0.2, 0.25) is 0 Å². The van der Waals surface area contributed by atoms with Crippen LogP contribution in [-0.4, -0.2) is 37.2 Å². The second-order valence-electron chi connectivity index (χ2n) is 9.75. The molecule has 1 aromatic heterocycles. The van der Waals surface area contributed by atoms with Crippen LogP contribution in [0.25, 0.3) is 22.7 Å². The van der Waals surface area contributed by atoms with Gasteiger partial charge in [0.25, 0.3) is 0 Å². The molecule has 5 heteroatoms. The van der Waals surface area contributed by atoms with Crippen LogP contribution in [0.5, 0.6) is 0 Å². The standard InChI is InChI=1S/C34H39N5/c1-5-37(6-2)30-20-14-26(15-21-30)13-19-29-25-33(28-16-22-31(23-17-28)38(7-3)8-4)39(36-29)34-24-18-27-11-9-10-12-32(27)35-34/h9-25,29,36H,5-8H2,1-4H3. The first-order valence-electron chi connectivity index (χ1n) is 14.2. The third kappa shape index (κ3) is 5.84. The predicted molar refractivity (Wildman–Crippen MR) is 168 cm³/mol. The van der Waals surface area contributed by atoms with Gasteiger partial charge >= 0.3 is 0 Å². The second kappa shape index (κ2) is 12.2. The van der Waals surface area contributed by atoms with E-state index < -0.39 is 0 Å². The van der Waals surface area contributed by atoms with Crippen molar-refractivity contribution >= 4 is 39.9 Å². The Labute approximate surface area is 233 Å². The molecule has 1 aliphatic rings. The zero-order valence-electron chi connectivity index (χ0n) is 23.5. The number of hydrogen-bond acceptors (Lipinski definition) is 5. The molecule has 0 aliphatic carbocycles. The summed E-state index contributed by atoms with van der Waals surface area (Å²) in [4.78, 5) is 9.71. The number of nitrogens with zero attached hydrogens (tertiary/aromatic N) is 4. The molecule has 0 saturated heterocycles. The lowest BCUT2D eigenvalue weighted by Gasteiger charge is -2.24. The fraction of sp³-hybridized carbons (Fsp3) is 0.265. The Hall–Kier alpha value is -4.09. The van der Waals surface area contributed by atoms with E-state index in [9.17, 15) is 0 Å². The average molecular weight is 518 g/mol. The van der Waals surface area contributed by atoms with Crippen LogP contribution in [-0.2, 0) is 0 Å². The molecule has 5 rings (SSSR count). The van der Waals surface area contributed by atoms with Crippen LogP contribution < -0.4 is 20.2 Å². The zero-order valence-corrected chi connectivity index (χ0v) is 23.5. The number of aromatic nitrogens is 1. The van der Waals surface area contributed by atoms with E-state index >= 15 is 0 Å². The minimum absolute atomic E-state index is 0.0400. The van der Waals surface area contributed by atoms with E-state index in [1.165, 1.54) is 16.9 Å². The van der Waals surface area contributed by atoms with Gasteiger partial charge < -0.3 is 9.80 Å². The molecule has 0 radical (unpaired) electrons. The number of benzene rings is 3. The number of para-hydroxylation sites is 1. The summed E-state index contributed by atoms with van der Waals surface area (Å²) < 4.78 is 0. The van der Waals surface area contributed by atoms with Crippen LogP contribution >= 0.6 is 0 Å². The van der Waals surface area contributed by atoms with Crippen molar-refractivity contribution in [2.75, 3.05) is 41.0 Å². The number of hydrogen-bond donors (Lipinski definition) is 1. The van der Waals surface area contributed by atoms with E-state index in [1.54, 1.807) is 0 Å².